The summed E-state index contributed by atoms with van der Waals surface area (Å²) in [5.74, 6) is 2.99. The van der Waals surface area contributed by atoms with Crippen LogP contribution in [-0.2, 0) is 6.54 Å². The molecule has 2 heteroatoms. The third kappa shape index (κ3) is 1.05. The lowest BCUT2D eigenvalue weighted by Gasteiger charge is -2.23. The van der Waals surface area contributed by atoms with Crippen LogP contribution in [0.25, 0.3) is 11.0 Å². The van der Waals surface area contributed by atoms with Crippen molar-refractivity contribution >= 4 is 11.0 Å². The Balaban J connectivity index is 1.91. The van der Waals surface area contributed by atoms with Gasteiger partial charge in [-0.3, -0.25) is 0 Å². The van der Waals surface area contributed by atoms with E-state index in [2.05, 4.69) is 28.8 Å². The van der Waals surface area contributed by atoms with Crippen LogP contribution >= 0.6 is 0 Å². The van der Waals surface area contributed by atoms with Crippen molar-refractivity contribution in [2.45, 2.75) is 38.1 Å². The van der Waals surface area contributed by atoms with Crippen molar-refractivity contribution in [1.82, 2.24) is 9.55 Å². The number of fused-ring (bicyclic) bond motifs is 5. The Kier molecular flexibility index (Phi) is 1.70. The summed E-state index contributed by atoms with van der Waals surface area (Å²) in [6, 6.07) is 8.56. The van der Waals surface area contributed by atoms with Gasteiger partial charge in [0.1, 0.15) is 5.82 Å². The van der Waals surface area contributed by atoms with E-state index in [1.807, 2.05) is 0 Å². The van der Waals surface area contributed by atoms with Crippen molar-refractivity contribution in [2.75, 3.05) is 0 Å². The third-order valence-electron chi connectivity index (χ3n) is 4.34. The summed E-state index contributed by atoms with van der Waals surface area (Å²) >= 11 is 0. The van der Waals surface area contributed by atoms with E-state index in [4.69, 9.17) is 4.98 Å². The molecule has 0 radical (unpaired) electrons. The standard InChI is InChI=1S/C14H16N2/c1-2-6-11-10(5-1)9-16-13-8-4-3-7-12(13)15-14(11)16/h3-4,7-8,10-11H,1-2,5-6,9H2. The van der Waals surface area contributed by atoms with E-state index >= 15 is 0 Å². The number of benzene rings is 1. The number of aromatic nitrogens is 2. The van der Waals surface area contributed by atoms with Crippen LogP contribution in [0.15, 0.2) is 24.3 Å². The van der Waals surface area contributed by atoms with Crippen molar-refractivity contribution in [3.8, 4) is 0 Å². The molecule has 0 amide bonds. The summed E-state index contributed by atoms with van der Waals surface area (Å²) in [6.45, 7) is 1.21. The van der Waals surface area contributed by atoms with Crippen LogP contribution in [0.1, 0.15) is 37.4 Å². The van der Waals surface area contributed by atoms with Gasteiger partial charge in [0.15, 0.2) is 0 Å². The van der Waals surface area contributed by atoms with Crippen LogP contribution in [0.5, 0.6) is 0 Å². The van der Waals surface area contributed by atoms with Gasteiger partial charge in [0.25, 0.3) is 0 Å². The Morgan fingerprint density at radius 2 is 2.00 bits per heavy atom. The van der Waals surface area contributed by atoms with Crippen LogP contribution in [0, 0.1) is 5.92 Å². The normalized spacial score (nSPS) is 28.0. The monoisotopic (exact) mass is 212 g/mol. The van der Waals surface area contributed by atoms with Gasteiger partial charge in [-0.05, 0) is 30.9 Å². The van der Waals surface area contributed by atoms with Crippen LogP contribution in [-0.4, -0.2) is 9.55 Å². The zero-order chi connectivity index (χ0) is 10.5. The minimum absolute atomic E-state index is 0.751. The zero-order valence-electron chi connectivity index (χ0n) is 9.39. The molecule has 1 aromatic heterocycles. The quantitative estimate of drug-likeness (QED) is 0.655. The molecule has 0 bridgehead atoms. The molecule has 0 N–H and O–H groups in total. The number of imidazole rings is 1. The van der Waals surface area contributed by atoms with Crippen LogP contribution < -0.4 is 0 Å². The highest BCUT2D eigenvalue weighted by atomic mass is 15.1. The summed E-state index contributed by atoms with van der Waals surface area (Å²) in [4.78, 5) is 4.84. The summed E-state index contributed by atoms with van der Waals surface area (Å²) in [7, 11) is 0. The number of rotatable bonds is 0. The van der Waals surface area contributed by atoms with Crippen molar-refractivity contribution in [1.29, 1.82) is 0 Å². The molecule has 2 atom stereocenters. The molecule has 2 aliphatic rings. The Morgan fingerprint density at radius 3 is 3.00 bits per heavy atom. The van der Waals surface area contributed by atoms with Gasteiger partial charge in [-0.1, -0.05) is 25.0 Å². The number of para-hydroxylation sites is 2. The van der Waals surface area contributed by atoms with Crippen LogP contribution in [0.2, 0.25) is 0 Å². The van der Waals surface area contributed by atoms with E-state index in [1.165, 1.54) is 49.1 Å². The predicted molar refractivity (Wildman–Crippen MR) is 64.4 cm³/mol. The van der Waals surface area contributed by atoms with E-state index in [-0.39, 0.29) is 0 Å². The van der Waals surface area contributed by atoms with Gasteiger partial charge in [0, 0.05) is 12.5 Å². The molecule has 1 aliphatic heterocycles. The molecule has 82 valence electrons. The first-order valence-electron chi connectivity index (χ1n) is 6.38. The average Bonchev–Trinajstić information content (AvgIpc) is 2.85. The van der Waals surface area contributed by atoms with Crippen molar-refractivity contribution in [2.24, 2.45) is 5.92 Å². The maximum Gasteiger partial charge on any atom is 0.113 e. The molecule has 4 rings (SSSR count). The van der Waals surface area contributed by atoms with Gasteiger partial charge in [-0.25, -0.2) is 4.98 Å². The first-order valence-corrected chi connectivity index (χ1v) is 6.38. The van der Waals surface area contributed by atoms with E-state index in [9.17, 15) is 0 Å². The summed E-state index contributed by atoms with van der Waals surface area (Å²) in [5, 5.41) is 0. The molecule has 2 unspecified atom stereocenters. The zero-order valence-corrected chi connectivity index (χ0v) is 9.39. The van der Waals surface area contributed by atoms with E-state index in [0.717, 1.165) is 11.8 Å². The van der Waals surface area contributed by atoms with E-state index in [0.29, 0.717) is 0 Å². The topological polar surface area (TPSA) is 17.8 Å². The lowest BCUT2D eigenvalue weighted by Crippen LogP contribution is -2.13. The number of hydrogen-bond acceptors (Lipinski definition) is 1. The maximum absolute atomic E-state index is 4.84. The second-order valence-electron chi connectivity index (χ2n) is 5.22. The first-order chi connectivity index (χ1) is 7.93. The Bertz CT molecular complexity index is 541. The van der Waals surface area contributed by atoms with Crippen molar-refractivity contribution in [3.05, 3.63) is 30.1 Å². The van der Waals surface area contributed by atoms with Crippen molar-refractivity contribution in [3.63, 3.8) is 0 Å². The highest BCUT2D eigenvalue weighted by Gasteiger charge is 2.36. The Morgan fingerprint density at radius 1 is 1.12 bits per heavy atom. The highest BCUT2D eigenvalue weighted by molar-refractivity contribution is 5.76. The van der Waals surface area contributed by atoms with Crippen LogP contribution in [0.3, 0.4) is 0 Å². The Hall–Kier alpha value is -1.31. The van der Waals surface area contributed by atoms with Gasteiger partial charge in [-0.2, -0.15) is 0 Å². The lowest BCUT2D eigenvalue weighted by molar-refractivity contribution is 0.320. The van der Waals surface area contributed by atoms with Crippen molar-refractivity contribution < 1.29 is 0 Å². The summed E-state index contributed by atoms with van der Waals surface area (Å²) in [5.41, 5.74) is 2.52. The molecule has 16 heavy (non-hydrogen) atoms. The van der Waals surface area contributed by atoms with Gasteiger partial charge in [0.05, 0.1) is 11.0 Å². The summed E-state index contributed by atoms with van der Waals surface area (Å²) < 4.78 is 2.47. The van der Waals surface area contributed by atoms with Gasteiger partial charge in [0.2, 0.25) is 0 Å². The molecule has 0 spiro atoms. The predicted octanol–water partition coefficient (Wildman–Crippen LogP) is 3.32. The summed E-state index contributed by atoms with van der Waals surface area (Å²) in [6.07, 6.45) is 5.57. The number of nitrogens with zero attached hydrogens (tertiary/aromatic N) is 2. The SMILES string of the molecule is c1ccc2c(c1)nc1n2CC2CCCCC12. The average molecular weight is 212 g/mol. The molecule has 2 heterocycles. The molecule has 2 nitrogen and oxygen atoms in total. The minimum atomic E-state index is 0.751. The fourth-order valence-electron chi connectivity index (χ4n) is 3.57. The fourth-order valence-corrected chi connectivity index (χ4v) is 3.57. The third-order valence-corrected chi connectivity index (χ3v) is 4.34. The largest absolute Gasteiger partial charge is 0.327 e. The maximum atomic E-state index is 4.84. The fraction of sp³-hybridized carbons (Fsp3) is 0.500. The van der Waals surface area contributed by atoms with Gasteiger partial charge < -0.3 is 4.57 Å². The first kappa shape index (κ1) is 8.80. The molecular weight excluding hydrogens is 196 g/mol. The smallest absolute Gasteiger partial charge is 0.113 e. The molecule has 1 aromatic carbocycles. The van der Waals surface area contributed by atoms with Gasteiger partial charge in [-0.15, -0.1) is 0 Å². The lowest BCUT2D eigenvalue weighted by atomic mass is 9.81. The molecular formula is C14H16N2. The highest BCUT2D eigenvalue weighted by Crippen LogP contribution is 2.44. The Labute approximate surface area is 95.3 Å². The van der Waals surface area contributed by atoms with E-state index < -0.39 is 0 Å². The molecule has 1 saturated carbocycles. The van der Waals surface area contributed by atoms with E-state index in [1.54, 1.807) is 0 Å². The second kappa shape index (κ2) is 3.09. The molecule has 2 aromatic rings. The number of hydrogen-bond donors (Lipinski definition) is 0. The second-order valence-corrected chi connectivity index (χ2v) is 5.22. The molecule has 1 fully saturated rings. The van der Waals surface area contributed by atoms with Gasteiger partial charge >= 0.3 is 0 Å². The molecule has 0 saturated heterocycles. The molecule has 1 aliphatic carbocycles. The van der Waals surface area contributed by atoms with Crippen LogP contribution in [0.4, 0.5) is 0 Å². The minimum Gasteiger partial charge on any atom is -0.327 e.